The Kier molecular flexibility index (Phi) is 3.89. The fourth-order valence-corrected chi connectivity index (χ4v) is 2.85. The highest BCUT2D eigenvalue weighted by Crippen LogP contribution is 2.30. The van der Waals surface area contributed by atoms with Crippen molar-refractivity contribution >= 4 is 5.78 Å². The van der Waals surface area contributed by atoms with E-state index >= 15 is 0 Å². The van der Waals surface area contributed by atoms with E-state index in [1.807, 2.05) is 37.3 Å². The summed E-state index contributed by atoms with van der Waals surface area (Å²) in [5.74, 6) is 0.153. The summed E-state index contributed by atoms with van der Waals surface area (Å²) in [6.07, 6.45) is 1.24. The lowest BCUT2D eigenvalue weighted by molar-refractivity contribution is 0.0352. The van der Waals surface area contributed by atoms with Crippen LogP contribution < -0.4 is 0 Å². The van der Waals surface area contributed by atoms with Crippen LogP contribution >= 0.6 is 0 Å². The predicted octanol–water partition coefficient (Wildman–Crippen LogP) is 4.19. The van der Waals surface area contributed by atoms with Crippen molar-refractivity contribution in [2.75, 3.05) is 6.61 Å². The molecule has 0 saturated heterocycles. The van der Waals surface area contributed by atoms with Crippen molar-refractivity contribution in [3.63, 3.8) is 0 Å². The number of ether oxygens (including phenoxy) is 1. The lowest BCUT2D eigenvalue weighted by atomic mass is 9.92. The zero-order valence-corrected chi connectivity index (χ0v) is 12.6. The van der Waals surface area contributed by atoms with Crippen LogP contribution in [0.5, 0.6) is 0 Å². The highest BCUT2D eigenvalue weighted by atomic mass is 16.5. The minimum absolute atomic E-state index is 0.107. The molecule has 21 heavy (non-hydrogen) atoms. The van der Waals surface area contributed by atoms with Gasteiger partial charge in [0.25, 0.3) is 0 Å². The number of fused-ring (bicyclic) bond motifs is 1. The highest BCUT2D eigenvalue weighted by Gasteiger charge is 2.23. The Labute approximate surface area is 125 Å². The van der Waals surface area contributed by atoms with E-state index in [4.69, 9.17) is 4.74 Å². The number of carbonyl (C=O) groups excluding carboxylic acids is 1. The first-order chi connectivity index (χ1) is 10.1. The van der Waals surface area contributed by atoms with Crippen molar-refractivity contribution in [2.45, 2.75) is 32.8 Å². The number of aryl methyl sites for hydroxylation is 2. The van der Waals surface area contributed by atoms with E-state index in [0.717, 1.165) is 17.5 Å². The first-order valence-electron chi connectivity index (χ1n) is 7.45. The van der Waals surface area contributed by atoms with Gasteiger partial charge in [-0.1, -0.05) is 36.4 Å². The second-order valence-corrected chi connectivity index (χ2v) is 5.73. The number of carbonyl (C=O) groups is 1. The summed E-state index contributed by atoms with van der Waals surface area (Å²) in [7, 11) is 0. The molecule has 0 aromatic heterocycles. The van der Waals surface area contributed by atoms with Crippen molar-refractivity contribution in [2.24, 2.45) is 0 Å². The average Bonchev–Trinajstić information content (AvgIpc) is 2.50. The summed E-state index contributed by atoms with van der Waals surface area (Å²) in [6, 6.07) is 14.2. The normalized spacial score (nSPS) is 17.3. The number of hydrogen-bond donors (Lipinski definition) is 0. The summed E-state index contributed by atoms with van der Waals surface area (Å²) in [4.78, 5) is 12.5. The molecule has 2 aromatic rings. The molecule has 0 saturated carbocycles. The van der Waals surface area contributed by atoms with Gasteiger partial charge in [0.1, 0.15) is 0 Å². The number of Topliss-reactive ketones (excluding diaryl/α,β-unsaturated/α-hetero) is 1. The van der Waals surface area contributed by atoms with Crippen molar-refractivity contribution in [1.82, 2.24) is 0 Å². The van der Waals surface area contributed by atoms with Crippen LogP contribution in [0.4, 0.5) is 0 Å². The summed E-state index contributed by atoms with van der Waals surface area (Å²) in [5, 5.41) is 0. The largest absolute Gasteiger partial charge is 0.373 e. The maximum Gasteiger partial charge on any atom is 0.165 e. The Hall–Kier alpha value is -1.93. The highest BCUT2D eigenvalue weighted by molar-refractivity contribution is 5.96. The molecule has 0 amide bonds. The quantitative estimate of drug-likeness (QED) is 0.788. The van der Waals surface area contributed by atoms with Crippen LogP contribution in [0.25, 0.3) is 0 Å². The van der Waals surface area contributed by atoms with Crippen molar-refractivity contribution in [3.8, 4) is 0 Å². The molecule has 108 valence electrons. The van der Waals surface area contributed by atoms with Crippen LogP contribution in [0.15, 0.2) is 42.5 Å². The molecule has 1 heterocycles. The number of rotatable bonds is 3. The molecule has 0 spiro atoms. The van der Waals surface area contributed by atoms with E-state index in [0.29, 0.717) is 13.0 Å². The van der Waals surface area contributed by atoms with E-state index in [1.165, 1.54) is 16.7 Å². The molecule has 1 unspecified atom stereocenters. The number of benzene rings is 2. The van der Waals surface area contributed by atoms with E-state index in [9.17, 15) is 4.79 Å². The Morgan fingerprint density at radius 1 is 1.14 bits per heavy atom. The van der Waals surface area contributed by atoms with E-state index in [1.54, 1.807) is 0 Å². The second kappa shape index (κ2) is 5.82. The van der Waals surface area contributed by atoms with Crippen LogP contribution in [0, 0.1) is 13.8 Å². The molecule has 1 aliphatic heterocycles. The third-order valence-corrected chi connectivity index (χ3v) is 4.29. The van der Waals surface area contributed by atoms with Gasteiger partial charge in [-0.2, -0.15) is 0 Å². The molecular formula is C19H20O2. The van der Waals surface area contributed by atoms with Crippen molar-refractivity contribution in [1.29, 1.82) is 0 Å². The van der Waals surface area contributed by atoms with Crippen LogP contribution in [0.3, 0.4) is 0 Å². The fraction of sp³-hybridized carbons (Fsp3) is 0.316. The molecule has 1 atom stereocenters. The van der Waals surface area contributed by atoms with Crippen LogP contribution in [0.1, 0.15) is 45.1 Å². The molecule has 2 nitrogen and oxygen atoms in total. The standard InChI is InChI=1S/C19H20O2/c1-13-7-8-16(11-14(13)2)18(20)12-19-17-6-4-3-5-15(17)9-10-21-19/h3-8,11,19H,9-10,12H2,1-2H3. The Balaban J connectivity index is 1.81. The zero-order chi connectivity index (χ0) is 14.8. The van der Waals surface area contributed by atoms with Gasteiger partial charge in [0.05, 0.1) is 12.7 Å². The molecule has 0 bridgehead atoms. The molecule has 0 fully saturated rings. The molecule has 0 radical (unpaired) electrons. The Morgan fingerprint density at radius 3 is 2.76 bits per heavy atom. The molecule has 0 N–H and O–H groups in total. The van der Waals surface area contributed by atoms with Gasteiger partial charge in [-0.3, -0.25) is 4.79 Å². The van der Waals surface area contributed by atoms with Gasteiger partial charge in [-0.15, -0.1) is 0 Å². The fourth-order valence-electron chi connectivity index (χ4n) is 2.85. The minimum Gasteiger partial charge on any atom is -0.373 e. The second-order valence-electron chi connectivity index (χ2n) is 5.73. The molecule has 0 aliphatic carbocycles. The number of ketones is 1. The zero-order valence-electron chi connectivity index (χ0n) is 12.6. The van der Waals surface area contributed by atoms with Crippen LogP contribution in [-0.4, -0.2) is 12.4 Å². The topological polar surface area (TPSA) is 26.3 Å². The lowest BCUT2D eigenvalue weighted by Gasteiger charge is -2.25. The smallest absolute Gasteiger partial charge is 0.165 e. The minimum atomic E-state index is -0.107. The molecule has 3 rings (SSSR count). The van der Waals surface area contributed by atoms with E-state index < -0.39 is 0 Å². The monoisotopic (exact) mass is 280 g/mol. The third kappa shape index (κ3) is 2.91. The Bertz CT molecular complexity index is 673. The van der Waals surface area contributed by atoms with Gasteiger partial charge >= 0.3 is 0 Å². The third-order valence-electron chi connectivity index (χ3n) is 4.29. The molecule has 1 aliphatic rings. The van der Waals surface area contributed by atoms with Gasteiger partial charge in [0.15, 0.2) is 5.78 Å². The molecular weight excluding hydrogens is 260 g/mol. The molecule has 2 aromatic carbocycles. The lowest BCUT2D eigenvalue weighted by Crippen LogP contribution is -2.19. The number of hydrogen-bond acceptors (Lipinski definition) is 2. The van der Waals surface area contributed by atoms with E-state index in [2.05, 4.69) is 19.1 Å². The first kappa shape index (κ1) is 14.0. The maximum atomic E-state index is 12.5. The first-order valence-corrected chi connectivity index (χ1v) is 7.45. The van der Waals surface area contributed by atoms with Crippen LogP contribution in [-0.2, 0) is 11.2 Å². The maximum absolute atomic E-state index is 12.5. The van der Waals surface area contributed by atoms with Crippen molar-refractivity contribution in [3.05, 3.63) is 70.3 Å². The average molecular weight is 280 g/mol. The van der Waals surface area contributed by atoms with Crippen LogP contribution in [0.2, 0.25) is 0 Å². The Morgan fingerprint density at radius 2 is 1.95 bits per heavy atom. The van der Waals surface area contributed by atoms with Crippen molar-refractivity contribution < 1.29 is 9.53 Å². The summed E-state index contributed by atoms with van der Waals surface area (Å²) in [5.41, 5.74) is 5.63. The molecule has 2 heteroatoms. The van der Waals surface area contributed by atoms with Gasteiger partial charge in [-0.25, -0.2) is 0 Å². The summed E-state index contributed by atoms with van der Waals surface area (Å²) in [6.45, 7) is 4.80. The van der Waals surface area contributed by atoms with Gasteiger partial charge in [0, 0.05) is 12.0 Å². The predicted molar refractivity (Wildman–Crippen MR) is 83.7 cm³/mol. The van der Waals surface area contributed by atoms with Gasteiger partial charge in [-0.05, 0) is 48.6 Å². The van der Waals surface area contributed by atoms with Gasteiger partial charge < -0.3 is 4.74 Å². The summed E-state index contributed by atoms with van der Waals surface area (Å²) < 4.78 is 5.83. The van der Waals surface area contributed by atoms with Gasteiger partial charge in [0.2, 0.25) is 0 Å². The van der Waals surface area contributed by atoms with E-state index in [-0.39, 0.29) is 11.9 Å². The summed E-state index contributed by atoms with van der Waals surface area (Å²) >= 11 is 0. The SMILES string of the molecule is Cc1ccc(C(=O)CC2OCCc3ccccc32)cc1C.